The second-order valence-corrected chi connectivity index (χ2v) is 3.65. The van der Waals surface area contributed by atoms with Crippen LogP contribution in [0.5, 0.6) is 11.5 Å². The Morgan fingerprint density at radius 3 is 2.56 bits per heavy atom. The van der Waals surface area contributed by atoms with Crippen molar-refractivity contribution in [3.8, 4) is 22.6 Å². The quantitative estimate of drug-likeness (QED) is 0.774. The zero-order valence-corrected chi connectivity index (χ0v) is 10.2. The summed E-state index contributed by atoms with van der Waals surface area (Å²) in [4.78, 5) is 15.0. The summed E-state index contributed by atoms with van der Waals surface area (Å²) < 4.78 is 10.4. The number of hydrogen-bond acceptors (Lipinski definition) is 4. The van der Waals surface area contributed by atoms with Gasteiger partial charge in [0.2, 0.25) is 0 Å². The van der Waals surface area contributed by atoms with Gasteiger partial charge in [-0.2, -0.15) is 0 Å². The minimum atomic E-state index is 0.595. The Kier molecular flexibility index (Phi) is 3.57. The highest BCUT2D eigenvalue weighted by Gasteiger charge is 2.09. The SMILES string of the molecule is COc1ccc(-c2cnccc2C=O)cc1OC. The zero-order valence-electron chi connectivity index (χ0n) is 10.2. The van der Waals surface area contributed by atoms with E-state index in [9.17, 15) is 4.79 Å². The molecular weight excluding hydrogens is 230 g/mol. The van der Waals surface area contributed by atoms with Crippen LogP contribution in [0.25, 0.3) is 11.1 Å². The average Bonchev–Trinajstić information content (AvgIpc) is 2.46. The lowest BCUT2D eigenvalue weighted by Gasteiger charge is -2.10. The maximum atomic E-state index is 11.0. The molecule has 18 heavy (non-hydrogen) atoms. The Labute approximate surface area is 105 Å². The third-order valence-corrected chi connectivity index (χ3v) is 2.68. The minimum Gasteiger partial charge on any atom is -0.493 e. The summed E-state index contributed by atoms with van der Waals surface area (Å²) in [5.74, 6) is 1.27. The Morgan fingerprint density at radius 1 is 1.11 bits per heavy atom. The number of ether oxygens (including phenoxy) is 2. The first-order valence-electron chi connectivity index (χ1n) is 5.41. The van der Waals surface area contributed by atoms with Crippen molar-refractivity contribution in [2.24, 2.45) is 0 Å². The molecule has 0 amide bonds. The van der Waals surface area contributed by atoms with Crippen LogP contribution in [0.15, 0.2) is 36.7 Å². The van der Waals surface area contributed by atoms with Gasteiger partial charge in [0.15, 0.2) is 17.8 Å². The van der Waals surface area contributed by atoms with Crippen LogP contribution in [0.2, 0.25) is 0 Å². The first-order valence-corrected chi connectivity index (χ1v) is 5.41. The molecule has 1 aromatic carbocycles. The molecule has 2 aromatic rings. The van der Waals surface area contributed by atoms with Crippen LogP contribution in [-0.4, -0.2) is 25.5 Å². The second kappa shape index (κ2) is 5.31. The van der Waals surface area contributed by atoms with Gasteiger partial charge < -0.3 is 9.47 Å². The average molecular weight is 243 g/mol. The molecule has 0 unspecified atom stereocenters. The van der Waals surface area contributed by atoms with Crippen LogP contribution in [0.4, 0.5) is 0 Å². The van der Waals surface area contributed by atoms with Gasteiger partial charge in [0, 0.05) is 23.5 Å². The van der Waals surface area contributed by atoms with Gasteiger partial charge in [-0.15, -0.1) is 0 Å². The number of carbonyl (C=O) groups is 1. The second-order valence-electron chi connectivity index (χ2n) is 3.65. The molecule has 0 bridgehead atoms. The monoisotopic (exact) mass is 243 g/mol. The van der Waals surface area contributed by atoms with Gasteiger partial charge in [-0.1, -0.05) is 6.07 Å². The highest BCUT2D eigenvalue weighted by atomic mass is 16.5. The van der Waals surface area contributed by atoms with Gasteiger partial charge in [0.25, 0.3) is 0 Å². The molecule has 0 saturated carbocycles. The van der Waals surface area contributed by atoms with E-state index >= 15 is 0 Å². The summed E-state index contributed by atoms with van der Waals surface area (Å²) in [5, 5.41) is 0. The van der Waals surface area contributed by atoms with Gasteiger partial charge in [-0.05, 0) is 23.8 Å². The Morgan fingerprint density at radius 2 is 1.89 bits per heavy atom. The number of aromatic nitrogens is 1. The number of pyridine rings is 1. The molecule has 0 aliphatic rings. The molecule has 4 nitrogen and oxygen atoms in total. The molecule has 1 aromatic heterocycles. The normalized spacial score (nSPS) is 9.89. The summed E-state index contributed by atoms with van der Waals surface area (Å²) in [7, 11) is 3.16. The van der Waals surface area contributed by atoms with Crippen molar-refractivity contribution in [2.45, 2.75) is 0 Å². The summed E-state index contributed by atoms with van der Waals surface area (Å²) in [5.41, 5.74) is 2.23. The van der Waals surface area contributed by atoms with Crippen LogP contribution in [-0.2, 0) is 0 Å². The third kappa shape index (κ3) is 2.18. The van der Waals surface area contributed by atoms with E-state index in [0.717, 1.165) is 17.4 Å². The smallest absolute Gasteiger partial charge is 0.161 e. The van der Waals surface area contributed by atoms with Crippen LogP contribution in [0.1, 0.15) is 10.4 Å². The Hall–Kier alpha value is -2.36. The largest absolute Gasteiger partial charge is 0.493 e. The van der Waals surface area contributed by atoms with E-state index in [2.05, 4.69) is 4.98 Å². The Bertz CT molecular complexity index is 567. The zero-order chi connectivity index (χ0) is 13.0. The molecule has 0 fully saturated rings. The van der Waals surface area contributed by atoms with E-state index < -0.39 is 0 Å². The molecule has 0 aliphatic carbocycles. The number of rotatable bonds is 4. The van der Waals surface area contributed by atoms with Gasteiger partial charge >= 0.3 is 0 Å². The molecule has 4 heteroatoms. The van der Waals surface area contributed by atoms with E-state index in [4.69, 9.17) is 9.47 Å². The van der Waals surface area contributed by atoms with Crippen LogP contribution >= 0.6 is 0 Å². The van der Waals surface area contributed by atoms with Gasteiger partial charge in [0.05, 0.1) is 14.2 Å². The minimum absolute atomic E-state index is 0.595. The maximum Gasteiger partial charge on any atom is 0.161 e. The van der Waals surface area contributed by atoms with E-state index in [1.165, 1.54) is 0 Å². The van der Waals surface area contributed by atoms with E-state index in [-0.39, 0.29) is 0 Å². The van der Waals surface area contributed by atoms with Gasteiger partial charge in [-0.3, -0.25) is 9.78 Å². The summed E-state index contributed by atoms with van der Waals surface area (Å²) in [6.07, 6.45) is 4.06. The molecule has 0 N–H and O–H groups in total. The van der Waals surface area contributed by atoms with Crippen LogP contribution in [0, 0.1) is 0 Å². The van der Waals surface area contributed by atoms with Crippen LogP contribution in [0.3, 0.4) is 0 Å². The molecule has 0 spiro atoms. The lowest BCUT2D eigenvalue weighted by molar-refractivity contribution is 0.112. The van der Waals surface area contributed by atoms with Crippen molar-refractivity contribution in [2.75, 3.05) is 14.2 Å². The topological polar surface area (TPSA) is 48.4 Å². The molecule has 0 radical (unpaired) electrons. The Balaban J connectivity index is 2.54. The van der Waals surface area contributed by atoms with Crippen molar-refractivity contribution >= 4 is 6.29 Å². The standard InChI is InChI=1S/C14H13NO3/c1-17-13-4-3-10(7-14(13)18-2)12-8-15-6-5-11(12)9-16/h3-9H,1-2H3. The third-order valence-electron chi connectivity index (χ3n) is 2.68. The molecular formula is C14H13NO3. The number of hydrogen-bond donors (Lipinski definition) is 0. The number of carbonyl (C=O) groups excluding carboxylic acids is 1. The molecule has 2 rings (SSSR count). The fraction of sp³-hybridized carbons (Fsp3) is 0.143. The lowest BCUT2D eigenvalue weighted by atomic mass is 10.0. The summed E-state index contributed by atoms with van der Waals surface area (Å²) >= 11 is 0. The van der Waals surface area contributed by atoms with Crippen molar-refractivity contribution in [1.82, 2.24) is 4.98 Å². The summed E-state index contributed by atoms with van der Waals surface area (Å²) in [6.45, 7) is 0. The van der Waals surface area contributed by atoms with E-state index in [1.807, 2.05) is 12.1 Å². The van der Waals surface area contributed by atoms with Crippen LogP contribution < -0.4 is 9.47 Å². The molecule has 1 heterocycles. The van der Waals surface area contributed by atoms with E-state index in [1.54, 1.807) is 38.7 Å². The highest BCUT2D eigenvalue weighted by Crippen LogP contribution is 2.32. The fourth-order valence-electron chi connectivity index (χ4n) is 1.75. The lowest BCUT2D eigenvalue weighted by Crippen LogP contribution is -1.93. The van der Waals surface area contributed by atoms with Gasteiger partial charge in [0.1, 0.15) is 0 Å². The van der Waals surface area contributed by atoms with Gasteiger partial charge in [-0.25, -0.2) is 0 Å². The van der Waals surface area contributed by atoms with Crippen molar-refractivity contribution < 1.29 is 14.3 Å². The number of methoxy groups -OCH3 is 2. The maximum absolute atomic E-state index is 11.0. The first kappa shape index (κ1) is 12.1. The number of nitrogens with zero attached hydrogens (tertiary/aromatic N) is 1. The molecule has 92 valence electrons. The first-order chi connectivity index (χ1) is 8.80. The predicted octanol–water partition coefficient (Wildman–Crippen LogP) is 2.58. The van der Waals surface area contributed by atoms with Crippen molar-refractivity contribution in [3.05, 3.63) is 42.2 Å². The highest BCUT2D eigenvalue weighted by molar-refractivity contribution is 5.87. The predicted molar refractivity (Wildman–Crippen MR) is 68.2 cm³/mol. The number of benzene rings is 1. The number of aldehydes is 1. The molecule has 0 saturated heterocycles. The fourth-order valence-corrected chi connectivity index (χ4v) is 1.75. The summed E-state index contributed by atoms with van der Waals surface area (Å²) in [6, 6.07) is 7.17. The molecule has 0 aliphatic heterocycles. The van der Waals surface area contributed by atoms with Crippen molar-refractivity contribution in [1.29, 1.82) is 0 Å². The molecule has 0 atom stereocenters. The van der Waals surface area contributed by atoms with Crippen molar-refractivity contribution in [3.63, 3.8) is 0 Å². The van der Waals surface area contributed by atoms with E-state index in [0.29, 0.717) is 17.1 Å².